The monoisotopic (exact) mass is 85.1 g/mol. The van der Waals surface area contributed by atoms with Crippen molar-refractivity contribution >= 4 is 0 Å². The summed E-state index contributed by atoms with van der Waals surface area (Å²) >= 11 is 0. The quantitative estimate of drug-likeness (QED) is 0.446. The Hall–Kier alpha value is -0.440. The molecule has 1 aliphatic rings. The lowest BCUT2D eigenvalue weighted by atomic mass is 10.2. The Morgan fingerprint density at radius 3 is 2.17 bits per heavy atom. The fraction of sp³-hybridized carbons (Fsp3) is 1.00. The van der Waals surface area contributed by atoms with E-state index in [1.807, 2.05) is 6.92 Å². The highest BCUT2D eigenvalue weighted by Gasteiger charge is 2.22. The maximum Gasteiger partial charge on any atom is 0.147 e. The molecule has 2 N–H and O–H groups in total. The van der Waals surface area contributed by atoms with Crippen molar-refractivity contribution in [1.29, 1.82) is 0 Å². The summed E-state index contributed by atoms with van der Waals surface area (Å²) in [5, 5.41) is 7.17. The van der Waals surface area contributed by atoms with Crippen LogP contribution in [0.2, 0.25) is 0 Å². The van der Waals surface area contributed by atoms with E-state index in [1.54, 1.807) is 0 Å². The zero-order chi connectivity index (χ0) is 4.62. The molecule has 0 saturated heterocycles. The van der Waals surface area contributed by atoms with Crippen molar-refractivity contribution in [2.45, 2.75) is 12.6 Å². The minimum absolute atomic E-state index is 0.319. The Kier molecular flexibility index (Phi) is 0.492. The maximum atomic E-state index is 5.36. The third kappa shape index (κ3) is 0.408. The van der Waals surface area contributed by atoms with Crippen LogP contribution in [0.25, 0.3) is 0 Å². The van der Waals surface area contributed by atoms with Crippen LogP contribution in [0, 0.1) is 0 Å². The average molecular weight is 85.1 g/mol. The molecule has 1 heterocycles. The highest BCUT2D eigenvalue weighted by molar-refractivity contribution is 4.82. The number of nitrogens with two attached hydrogens (primary N) is 1. The van der Waals surface area contributed by atoms with Crippen LogP contribution in [0.3, 0.4) is 0 Å². The van der Waals surface area contributed by atoms with Crippen molar-refractivity contribution in [1.82, 2.24) is 0 Å². The van der Waals surface area contributed by atoms with E-state index in [4.69, 9.17) is 5.73 Å². The molecule has 1 aliphatic heterocycles. The van der Waals surface area contributed by atoms with Gasteiger partial charge in [0.1, 0.15) is 5.66 Å². The Bertz CT molecular complexity index is 84.0. The van der Waals surface area contributed by atoms with Gasteiger partial charge in [0.25, 0.3) is 0 Å². The lowest BCUT2D eigenvalue weighted by Crippen LogP contribution is -2.41. The highest BCUT2D eigenvalue weighted by atomic mass is 15.3. The third-order valence-electron chi connectivity index (χ3n) is 0.690. The molecule has 0 amide bonds. The molecule has 34 valence electrons. The van der Waals surface area contributed by atoms with Gasteiger partial charge < -0.3 is 5.73 Å². The van der Waals surface area contributed by atoms with E-state index in [1.165, 1.54) is 0 Å². The number of nitrogens with zero attached hydrogens (tertiary/aromatic N) is 2. The second-order valence-corrected chi connectivity index (χ2v) is 1.76. The van der Waals surface area contributed by atoms with Crippen LogP contribution in [-0.4, -0.2) is 12.2 Å². The molecule has 3 nitrogen and oxygen atoms in total. The molecule has 0 aromatic rings. The van der Waals surface area contributed by atoms with Gasteiger partial charge in [-0.2, -0.15) is 10.2 Å². The molecule has 0 spiro atoms. The smallest absolute Gasteiger partial charge is 0.147 e. The minimum Gasteiger partial charge on any atom is -0.304 e. The van der Waals surface area contributed by atoms with E-state index in [9.17, 15) is 0 Å². The second-order valence-electron chi connectivity index (χ2n) is 1.76. The van der Waals surface area contributed by atoms with Crippen LogP contribution in [-0.2, 0) is 0 Å². The van der Waals surface area contributed by atoms with E-state index in [2.05, 4.69) is 10.2 Å². The number of rotatable bonds is 0. The summed E-state index contributed by atoms with van der Waals surface area (Å²) < 4.78 is 0. The summed E-state index contributed by atoms with van der Waals surface area (Å²) in [6, 6.07) is 0. The fourth-order valence-electron chi connectivity index (χ4n) is 0.294. The van der Waals surface area contributed by atoms with E-state index in [0.717, 1.165) is 0 Å². The van der Waals surface area contributed by atoms with E-state index in [0.29, 0.717) is 6.54 Å². The number of azo groups is 1. The first-order chi connectivity index (χ1) is 2.71. The maximum absolute atomic E-state index is 5.36. The van der Waals surface area contributed by atoms with Gasteiger partial charge in [0.15, 0.2) is 0 Å². The van der Waals surface area contributed by atoms with Gasteiger partial charge >= 0.3 is 0 Å². The van der Waals surface area contributed by atoms with Crippen LogP contribution in [0.1, 0.15) is 6.92 Å². The number of hydrogen-bond acceptors (Lipinski definition) is 3. The topological polar surface area (TPSA) is 50.7 Å². The van der Waals surface area contributed by atoms with Gasteiger partial charge in [0.05, 0.1) is 6.54 Å². The summed E-state index contributed by atoms with van der Waals surface area (Å²) in [5.41, 5.74) is 5.04. The summed E-state index contributed by atoms with van der Waals surface area (Å²) in [5.74, 6) is 0. The summed E-state index contributed by atoms with van der Waals surface area (Å²) in [6.45, 7) is 2.53. The normalized spacial score (nSPS) is 42.3. The van der Waals surface area contributed by atoms with Crippen molar-refractivity contribution in [2.75, 3.05) is 6.54 Å². The Labute approximate surface area is 36.2 Å². The SMILES string of the molecule is CC1(N)CN=N1. The van der Waals surface area contributed by atoms with E-state index >= 15 is 0 Å². The summed E-state index contributed by atoms with van der Waals surface area (Å²) in [6.07, 6.45) is 0. The van der Waals surface area contributed by atoms with Gasteiger partial charge in [-0.05, 0) is 6.92 Å². The van der Waals surface area contributed by atoms with Crippen LogP contribution in [0.5, 0.6) is 0 Å². The molecule has 1 rings (SSSR count). The molecule has 0 radical (unpaired) electrons. The first kappa shape index (κ1) is 3.74. The Morgan fingerprint density at radius 1 is 1.83 bits per heavy atom. The van der Waals surface area contributed by atoms with Crippen LogP contribution in [0.15, 0.2) is 10.2 Å². The largest absolute Gasteiger partial charge is 0.304 e. The fourth-order valence-corrected chi connectivity index (χ4v) is 0.294. The third-order valence-corrected chi connectivity index (χ3v) is 0.690. The van der Waals surface area contributed by atoms with Crippen molar-refractivity contribution in [2.24, 2.45) is 16.0 Å². The molecule has 0 aromatic heterocycles. The predicted octanol–water partition coefficient (Wildman–Crippen LogP) is 0.127. The Morgan fingerprint density at radius 2 is 2.17 bits per heavy atom. The van der Waals surface area contributed by atoms with Crippen LogP contribution in [0.4, 0.5) is 0 Å². The Balaban J connectivity index is 2.57. The molecule has 0 fully saturated rings. The first-order valence-corrected chi connectivity index (χ1v) is 1.88. The van der Waals surface area contributed by atoms with Crippen molar-refractivity contribution in [3.05, 3.63) is 0 Å². The molecule has 1 unspecified atom stereocenters. The van der Waals surface area contributed by atoms with Crippen LogP contribution < -0.4 is 5.73 Å². The average Bonchev–Trinajstić information content (AvgIpc) is 1.32. The highest BCUT2D eigenvalue weighted by Crippen LogP contribution is 2.11. The van der Waals surface area contributed by atoms with E-state index in [-0.39, 0.29) is 5.66 Å². The van der Waals surface area contributed by atoms with Crippen molar-refractivity contribution < 1.29 is 0 Å². The molecule has 6 heavy (non-hydrogen) atoms. The van der Waals surface area contributed by atoms with Gasteiger partial charge in [-0.15, -0.1) is 0 Å². The second kappa shape index (κ2) is 0.789. The van der Waals surface area contributed by atoms with Crippen LogP contribution >= 0.6 is 0 Å². The molecule has 1 atom stereocenters. The zero-order valence-corrected chi connectivity index (χ0v) is 3.68. The van der Waals surface area contributed by atoms with Crippen molar-refractivity contribution in [3.8, 4) is 0 Å². The number of hydrogen-bond donors (Lipinski definition) is 1. The van der Waals surface area contributed by atoms with Gasteiger partial charge in [-0.25, -0.2) is 0 Å². The van der Waals surface area contributed by atoms with E-state index < -0.39 is 0 Å². The summed E-state index contributed by atoms with van der Waals surface area (Å²) in [7, 11) is 0. The lowest BCUT2D eigenvalue weighted by molar-refractivity contribution is 0.387. The minimum atomic E-state index is -0.319. The molecule has 3 heteroatoms. The predicted molar refractivity (Wildman–Crippen MR) is 22.3 cm³/mol. The van der Waals surface area contributed by atoms with Gasteiger partial charge in [-0.3, -0.25) is 0 Å². The van der Waals surface area contributed by atoms with Gasteiger partial charge in [0, 0.05) is 0 Å². The molecule has 0 aliphatic carbocycles. The van der Waals surface area contributed by atoms with Gasteiger partial charge in [-0.1, -0.05) is 0 Å². The lowest BCUT2D eigenvalue weighted by Gasteiger charge is -2.21. The molecular weight excluding hydrogens is 78.1 g/mol. The molecule has 0 bridgehead atoms. The van der Waals surface area contributed by atoms with Gasteiger partial charge in [0.2, 0.25) is 0 Å². The zero-order valence-electron chi connectivity index (χ0n) is 3.68. The molecule has 0 aromatic carbocycles. The first-order valence-electron chi connectivity index (χ1n) is 1.88. The standard InChI is InChI=1S/C3H7N3/c1-3(4)2-5-6-3/h2,4H2,1H3. The molecular formula is C3H7N3. The van der Waals surface area contributed by atoms with Crippen molar-refractivity contribution in [3.63, 3.8) is 0 Å². The summed E-state index contributed by atoms with van der Waals surface area (Å²) in [4.78, 5) is 0. The molecule has 0 saturated carbocycles.